The lowest BCUT2D eigenvalue weighted by Gasteiger charge is -2.42. The number of aliphatic hydroxyl groups is 1. The second-order valence-electron chi connectivity index (χ2n) is 6.95. The van der Waals surface area contributed by atoms with Crippen LogP contribution in [0.25, 0.3) is 0 Å². The zero-order valence-electron chi connectivity index (χ0n) is 13.7. The summed E-state index contributed by atoms with van der Waals surface area (Å²) in [6.45, 7) is 6.10. The summed E-state index contributed by atoms with van der Waals surface area (Å²) in [5.41, 5.74) is 0. The SMILES string of the molecule is CCCC(C)NC(=O)C1CCCN(C2CCCCC2O)C1. The summed E-state index contributed by atoms with van der Waals surface area (Å²) in [5, 5.41) is 13.4. The van der Waals surface area contributed by atoms with Gasteiger partial charge in [-0.25, -0.2) is 0 Å². The molecule has 2 fully saturated rings. The Balaban J connectivity index is 1.86. The van der Waals surface area contributed by atoms with Crippen molar-refractivity contribution in [2.24, 2.45) is 5.92 Å². The lowest BCUT2D eigenvalue weighted by Crippen LogP contribution is -2.52. The lowest BCUT2D eigenvalue weighted by molar-refractivity contribution is -0.128. The molecule has 4 atom stereocenters. The van der Waals surface area contributed by atoms with Gasteiger partial charge < -0.3 is 10.4 Å². The quantitative estimate of drug-likeness (QED) is 0.818. The Hall–Kier alpha value is -0.610. The van der Waals surface area contributed by atoms with Crippen LogP contribution in [0.1, 0.15) is 65.2 Å². The van der Waals surface area contributed by atoms with Gasteiger partial charge in [-0.2, -0.15) is 0 Å². The summed E-state index contributed by atoms with van der Waals surface area (Å²) in [7, 11) is 0. The van der Waals surface area contributed by atoms with Gasteiger partial charge in [0, 0.05) is 18.6 Å². The van der Waals surface area contributed by atoms with E-state index in [9.17, 15) is 9.90 Å². The van der Waals surface area contributed by atoms with Crippen molar-refractivity contribution in [2.75, 3.05) is 13.1 Å². The highest BCUT2D eigenvalue weighted by Gasteiger charge is 2.34. The van der Waals surface area contributed by atoms with Gasteiger partial charge in [0.1, 0.15) is 0 Å². The van der Waals surface area contributed by atoms with E-state index in [1.165, 1.54) is 6.42 Å². The molecule has 2 aliphatic rings. The molecule has 1 saturated carbocycles. The fourth-order valence-electron chi connectivity index (χ4n) is 3.91. The van der Waals surface area contributed by atoms with Crippen LogP contribution >= 0.6 is 0 Å². The van der Waals surface area contributed by atoms with Crippen molar-refractivity contribution in [2.45, 2.75) is 83.4 Å². The van der Waals surface area contributed by atoms with Crippen molar-refractivity contribution >= 4 is 5.91 Å². The molecular formula is C17H32N2O2. The van der Waals surface area contributed by atoms with Gasteiger partial charge in [-0.05, 0) is 45.6 Å². The highest BCUT2D eigenvalue weighted by atomic mass is 16.3. The van der Waals surface area contributed by atoms with E-state index in [0.29, 0.717) is 0 Å². The van der Waals surface area contributed by atoms with Gasteiger partial charge in [0.05, 0.1) is 12.0 Å². The highest BCUT2D eigenvalue weighted by Crippen LogP contribution is 2.27. The molecule has 122 valence electrons. The van der Waals surface area contributed by atoms with Crippen molar-refractivity contribution in [3.05, 3.63) is 0 Å². The van der Waals surface area contributed by atoms with E-state index in [-0.39, 0.29) is 30.0 Å². The fraction of sp³-hybridized carbons (Fsp3) is 0.941. The van der Waals surface area contributed by atoms with E-state index in [1.54, 1.807) is 0 Å². The summed E-state index contributed by atoms with van der Waals surface area (Å²) < 4.78 is 0. The standard InChI is InChI=1S/C17H32N2O2/c1-3-7-13(2)18-17(21)14-8-6-11-19(12-14)15-9-4-5-10-16(15)20/h13-16,20H,3-12H2,1-2H3,(H,18,21). The molecular weight excluding hydrogens is 264 g/mol. The van der Waals surface area contributed by atoms with Crippen LogP contribution in [0, 0.1) is 5.92 Å². The second kappa shape index (κ2) is 8.14. The first-order valence-corrected chi connectivity index (χ1v) is 8.84. The summed E-state index contributed by atoms with van der Waals surface area (Å²) in [6.07, 6.45) is 8.38. The molecule has 1 aliphatic carbocycles. The Morgan fingerprint density at radius 3 is 2.76 bits per heavy atom. The van der Waals surface area contributed by atoms with Gasteiger partial charge in [0.25, 0.3) is 0 Å². The molecule has 0 aromatic heterocycles. The van der Waals surface area contributed by atoms with Crippen LogP contribution in [0.5, 0.6) is 0 Å². The lowest BCUT2D eigenvalue weighted by atomic mass is 9.88. The van der Waals surface area contributed by atoms with Crippen molar-refractivity contribution in [1.29, 1.82) is 0 Å². The summed E-state index contributed by atoms with van der Waals surface area (Å²) in [4.78, 5) is 14.8. The smallest absolute Gasteiger partial charge is 0.224 e. The third-order valence-electron chi connectivity index (χ3n) is 5.10. The van der Waals surface area contributed by atoms with Crippen molar-refractivity contribution < 1.29 is 9.90 Å². The van der Waals surface area contributed by atoms with Gasteiger partial charge >= 0.3 is 0 Å². The molecule has 0 radical (unpaired) electrons. The molecule has 1 amide bonds. The molecule has 1 aliphatic heterocycles. The van der Waals surface area contributed by atoms with Crippen LogP contribution < -0.4 is 5.32 Å². The molecule has 0 aromatic rings. The first-order chi connectivity index (χ1) is 10.1. The average Bonchev–Trinajstić information content (AvgIpc) is 2.48. The number of carbonyl (C=O) groups excluding carboxylic acids is 1. The van der Waals surface area contributed by atoms with Gasteiger partial charge in [-0.15, -0.1) is 0 Å². The maximum Gasteiger partial charge on any atom is 0.224 e. The predicted molar refractivity (Wildman–Crippen MR) is 85.1 cm³/mol. The van der Waals surface area contributed by atoms with Crippen LogP contribution in [0.3, 0.4) is 0 Å². The molecule has 0 aromatic carbocycles. The van der Waals surface area contributed by atoms with Crippen molar-refractivity contribution in [3.8, 4) is 0 Å². The molecule has 2 rings (SSSR count). The van der Waals surface area contributed by atoms with Crippen molar-refractivity contribution in [1.82, 2.24) is 10.2 Å². The normalized spacial score (nSPS) is 32.6. The molecule has 4 nitrogen and oxygen atoms in total. The van der Waals surface area contributed by atoms with E-state index >= 15 is 0 Å². The number of aliphatic hydroxyl groups excluding tert-OH is 1. The Kier molecular flexibility index (Phi) is 6.49. The summed E-state index contributed by atoms with van der Waals surface area (Å²) in [6, 6.07) is 0.556. The monoisotopic (exact) mass is 296 g/mol. The van der Waals surface area contributed by atoms with Crippen LogP contribution in [-0.2, 0) is 4.79 Å². The van der Waals surface area contributed by atoms with Gasteiger partial charge in [0.15, 0.2) is 0 Å². The molecule has 4 unspecified atom stereocenters. The topological polar surface area (TPSA) is 52.6 Å². The molecule has 2 N–H and O–H groups in total. The van der Waals surface area contributed by atoms with E-state index in [4.69, 9.17) is 0 Å². The molecule has 0 bridgehead atoms. The average molecular weight is 296 g/mol. The number of hydrogen-bond acceptors (Lipinski definition) is 3. The zero-order chi connectivity index (χ0) is 15.2. The van der Waals surface area contributed by atoms with Crippen molar-refractivity contribution in [3.63, 3.8) is 0 Å². The molecule has 1 saturated heterocycles. The minimum Gasteiger partial charge on any atom is -0.391 e. The first-order valence-electron chi connectivity index (χ1n) is 8.84. The molecule has 21 heavy (non-hydrogen) atoms. The van der Waals surface area contributed by atoms with Gasteiger partial charge in [0.2, 0.25) is 5.91 Å². The number of piperidine rings is 1. The van der Waals surface area contributed by atoms with Crippen LogP contribution in [0.2, 0.25) is 0 Å². The van der Waals surface area contributed by atoms with Gasteiger partial charge in [-0.3, -0.25) is 9.69 Å². The number of rotatable bonds is 5. The fourth-order valence-corrected chi connectivity index (χ4v) is 3.91. The zero-order valence-corrected chi connectivity index (χ0v) is 13.7. The third-order valence-corrected chi connectivity index (χ3v) is 5.10. The molecule has 1 heterocycles. The predicted octanol–water partition coefficient (Wildman–Crippen LogP) is 2.31. The maximum atomic E-state index is 12.4. The third kappa shape index (κ3) is 4.68. The van der Waals surface area contributed by atoms with Crippen LogP contribution in [0.15, 0.2) is 0 Å². The van der Waals surface area contributed by atoms with E-state index < -0.39 is 0 Å². The number of nitrogens with one attached hydrogen (secondary N) is 1. The minimum atomic E-state index is -0.195. The Morgan fingerprint density at radius 2 is 2.05 bits per heavy atom. The minimum absolute atomic E-state index is 0.104. The Labute approximate surface area is 129 Å². The number of hydrogen-bond donors (Lipinski definition) is 2. The van der Waals surface area contributed by atoms with E-state index in [2.05, 4.69) is 24.1 Å². The van der Waals surface area contributed by atoms with E-state index in [0.717, 1.165) is 58.0 Å². The van der Waals surface area contributed by atoms with Crippen LogP contribution in [0.4, 0.5) is 0 Å². The highest BCUT2D eigenvalue weighted by molar-refractivity contribution is 5.79. The second-order valence-corrected chi connectivity index (χ2v) is 6.95. The maximum absolute atomic E-state index is 12.4. The number of amides is 1. The Morgan fingerprint density at radius 1 is 1.29 bits per heavy atom. The first kappa shape index (κ1) is 16.8. The van der Waals surface area contributed by atoms with Gasteiger partial charge in [-0.1, -0.05) is 26.2 Å². The number of likely N-dealkylation sites (tertiary alicyclic amines) is 1. The largest absolute Gasteiger partial charge is 0.391 e. The number of nitrogens with zero attached hydrogens (tertiary/aromatic N) is 1. The summed E-state index contributed by atoms with van der Waals surface area (Å²) >= 11 is 0. The van der Waals surface area contributed by atoms with Crippen LogP contribution in [-0.4, -0.2) is 47.2 Å². The number of carbonyl (C=O) groups is 1. The summed E-state index contributed by atoms with van der Waals surface area (Å²) in [5.74, 6) is 0.318. The van der Waals surface area contributed by atoms with E-state index in [1.807, 2.05) is 0 Å². The molecule has 4 heteroatoms. The Bertz CT molecular complexity index is 335. The molecule has 0 spiro atoms.